The summed E-state index contributed by atoms with van der Waals surface area (Å²) in [5.41, 5.74) is 6.89. The molecule has 0 aliphatic heterocycles. The molecule has 1 fully saturated rings. The maximum absolute atomic E-state index is 11.8. The third-order valence-corrected chi connectivity index (χ3v) is 5.44. The van der Waals surface area contributed by atoms with E-state index in [2.05, 4.69) is 30.2 Å². The molecule has 0 radical (unpaired) electrons. The summed E-state index contributed by atoms with van der Waals surface area (Å²) < 4.78 is 19.9. The topological polar surface area (TPSA) is 97.1 Å². The van der Waals surface area contributed by atoms with Gasteiger partial charge in [-0.2, -0.15) is 0 Å². The molecule has 2 aliphatic rings. The van der Waals surface area contributed by atoms with Gasteiger partial charge in [-0.05, 0) is 23.3 Å². The standard InChI is InChI=1S/C19H29NO6/c1-17(2,3)14-11-9-19(11,18(4,5)10-25-15(21)23-6)13(8-12(14)20)26-16(22)24-7/h8,11H,9-10,20H2,1-7H3. The Morgan fingerprint density at radius 3 is 2.23 bits per heavy atom. The Balaban J connectivity index is 2.44. The molecule has 2 unspecified atom stereocenters. The van der Waals surface area contributed by atoms with E-state index in [4.69, 9.17) is 15.2 Å². The number of methoxy groups -OCH3 is 2. The first-order chi connectivity index (χ1) is 11.9. The maximum Gasteiger partial charge on any atom is 0.513 e. The Morgan fingerprint density at radius 2 is 1.73 bits per heavy atom. The van der Waals surface area contributed by atoms with Gasteiger partial charge in [0.25, 0.3) is 0 Å². The Labute approximate surface area is 154 Å². The van der Waals surface area contributed by atoms with Crippen molar-refractivity contribution >= 4 is 12.3 Å². The van der Waals surface area contributed by atoms with Crippen LogP contribution in [0.15, 0.2) is 23.1 Å². The number of rotatable bonds is 4. The van der Waals surface area contributed by atoms with Crippen molar-refractivity contribution in [3.63, 3.8) is 0 Å². The third-order valence-electron chi connectivity index (χ3n) is 5.44. The molecule has 2 atom stereocenters. The summed E-state index contributed by atoms with van der Waals surface area (Å²) in [7, 11) is 2.52. The molecule has 0 bridgehead atoms. The smallest absolute Gasteiger partial charge is 0.438 e. The van der Waals surface area contributed by atoms with Crippen molar-refractivity contribution in [2.75, 3.05) is 20.8 Å². The predicted molar refractivity (Wildman–Crippen MR) is 94.9 cm³/mol. The Morgan fingerprint density at radius 1 is 1.15 bits per heavy atom. The molecule has 0 heterocycles. The molecule has 0 saturated heterocycles. The van der Waals surface area contributed by atoms with E-state index in [1.807, 2.05) is 13.8 Å². The molecule has 26 heavy (non-hydrogen) atoms. The first-order valence-electron chi connectivity index (χ1n) is 8.59. The van der Waals surface area contributed by atoms with Crippen molar-refractivity contribution in [1.29, 1.82) is 0 Å². The van der Waals surface area contributed by atoms with Gasteiger partial charge in [0.1, 0.15) is 12.4 Å². The monoisotopic (exact) mass is 367 g/mol. The number of nitrogens with two attached hydrogens (primary N) is 1. The SMILES string of the molecule is COC(=O)OCC(C)(C)C12CC1C(C(C)(C)C)=C(N)C=C2OC(=O)OC. The van der Waals surface area contributed by atoms with Gasteiger partial charge in [0.05, 0.1) is 14.2 Å². The van der Waals surface area contributed by atoms with Crippen LogP contribution in [0.2, 0.25) is 0 Å². The second-order valence-electron chi connectivity index (χ2n) is 8.54. The lowest BCUT2D eigenvalue weighted by Crippen LogP contribution is -2.39. The van der Waals surface area contributed by atoms with Crippen LogP contribution < -0.4 is 5.73 Å². The average molecular weight is 367 g/mol. The van der Waals surface area contributed by atoms with Crippen molar-refractivity contribution in [1.82, 2.24) is 0 Å². The molecule has 7 nitrogen and oxygen atoms in total. The number of ether oxygens (including phenoxy) is 4. The highest BCUT2D eigenvalue weighted by Gasteiger charge is 2.70. The van der Waals surface area contributed by atoms with Gasteiger partial charge >= 0.3 is 12.3 Å². The summed E-state index contributed by atoms with van der Waals surface area (Å²) in [5.74, 6) is 0.557. The van der Waals surface area contributed by atoms with Crippen LogP contribution in [-0.4, -0.2) is 33.1 Å². The van der Waals surface area contributed by atoms with Gasteiger partial charge in [0.2, 0.25) is 0 Å². The zero-order chi connectivity index (χ0) is 19.9. The van der Waals surface area contributed by atoms with Crippen LogP contribution in [0.5, 0.6) is 0 Å². The van der Waals surface area contributed by atoms with Crippen LogP contribution in [-0.2, 0) is 18.9 Å². The molecule has 2 N–H and O–H groups in total. The lowest BCUT2D eigenvalue weighted by Gasteiger charge is -2.40. The molecule has 0 aromatic heterocycles. The van der Waals surface area contributed by atoms with E-state index in [-0.39, 0.29) is 17.9 Å². The molecule has 7 heteroatoms. The first kappa shape index (κ1) is 20.1. The van der Waals surface area contributed by atoms with Gasteiger partial charge < -0.3 is 24.7 Å². The van der Waals surface area contributed by atoms with Crippen molar-refractivity contribution in [2.45, 2.75) is 41.0 Å². The minimum atomic E-state index is -0.794. The van der Waals surface area contributed by atoms with Gasteiger partial charge in [-0.3, -0.25) is 0 Å². The predicted octanol–water partition coefficient (Wildman–Crippen LogP) is 3.74. The highest BCUT2D eigenvalue weighted by molar-refractivity contribution is 5.63. The summed E-state index contributed by atoms with van der Waals surface area (Å²) in [6.07, 6.45) is 0.924. The van der Waals surface area contributed by atoms with E-state index in [9.17, 15) is 9.59 Å². The molecule has 2 rings (SSSR count). The van der Waals surface area contributed by atoms with Crippen molar-refractivity contribution in [3.8, 4) is 0 Å². The van der Waals surface area contributed by atoms with Gasteiger partial charge in [-0.15, -0.1) is 0 Å². The Hall–Kier alpha value is -2.18. The molecule has 146 valence electrons. The molecular formula is C19H29NO6. The molecular weight excluding hydrogens is 338 g/mol. The molecule has 0 amide bonds. The third kappa shape index (κ3) is 3.27. The maximum atomic E-state index is 11.8. The van der Waals surface area contributed by atoms with E-state index in [1.165, 1.54) is 14.2 Å². The van der Waals surface area contributed by atoms with Crippen molar-refractivity contribution < 1.29 is 28.5 Å². The fraction of sp³-hybridized carbons (Fsp3) is 0.684. The van der Waals surface area contributed by atoms with Crippen LogP contribution >= 0.6 is 0 Å². The van der Waals surface area contributed by atoms with Crippen LogP contribution in [0.4, 0.5) is 9.59 Å². The van der Waals surface area contributed by atoms with Crippen LogP contribution in [0.3, 0.4) is 0 Å². The number of carbonyl (C=O) groups is 2. The van der Waals surface area contributed by atoms with Crippen molar-refractivity contribution in [3.05, 3.63) is 23.1 Å². The van der Waals surface area contributed by atoms with Gasteiger partial charge in [-0.25, -0.2) is 9.59 Å². The van der Waals surface area contributed by atoms with Gasteiger partial charge in [0, 0.05) is 22.6 Å². The Kier molecular flexibility index (Phi) is 5.05. The fourth-order valence-corrected chi connectivity index (χ4v) is 4.15. The summed E-state index contributed by atoms with van der Waals surface area (Å²) in [6.45, 7) is 10.4. The largest absolute Gasteiger partial charge is 0.513 e. The lowest BCUT2D eigenvalue weighted by atomic mass is 9.67. The van der Waals surface area contributed by atoms with Crippen molar-refractivity contribution in [2.24, 2.45) is 27.9 Å². The molecule has 0 aromatic carbocycles. The van der Waals surface area contributed by atoms with Crippen LogP contribution in [0, 0.1) is 22.2 Å². The summed E-state index contributed by atoms with van der Waals surface area (Å²) in [5, 5.41) is 0. The van der Waals surface area contributed by atoms with Crippen LogP contribution in [0.25, 0.3) is 0 Å². The van der Waals surface area contributed by atoms with E-state index < -0.39 is 23.1 Å². The van der Waals surface area contributed by atoms with E-state index >= 15 is 0 Å². The minimum Gasteiger partial charge on any atom is -0.438 e. The second-order valence-corrected chi connectivity index (χ2v) is 8.54. The summed E-state index contributed by atoms with van der Waals surface area (Å²) in [4.78, 5) is 23.2. The lowest BCUT2D eigenvalue weighted by molar-refractivity contribution is 0.00452. The average Bonchev–Trinajstić information content (AvgIpc) is 3.28. The zero-order valence-electron chi connectivity index (χ0n) is 16.6. The van der Waals surface area contributed by atoms with Gasteiger partial charge in [-0.1, -0.05) is 34.6 Å². The van der Waals surface area contributed by atoms with E-state index in [0.717, 1.165) is 12.0 Å². The van der Waals surface area contributed by atoms with E-state index in [0.29, 0.717) is 11.5 Å². The zero-order valence-corrected chi connectivity index (χ0v) is 16.6. The second kappa shape index (κ2) is 6.52. The molecule has 1 saturated carbocycles. The minimum absolute atomic E-state index is 0.100. The highest BCUT2D eigenvalue weighted by atomic mass is 16.7. The summed E-state index contributed by atoms with van der Waals surface area (Å²) >= 11 is 0. The quantitative estimate of drug-likeness (QED) is 0.756. The molecule has 0 spiro atoms. The number of carbonyl (C=O) groups excluding carboxylic acids is 2. The highest BCUT2D eigenvalue weighted by Crippen LogP contribution is 2.73. The fourth-order valence-electron chi connectivity index (χ4n) is 4.15. The molecule has 2 aliphatic carbocycles. The number of fused-ring (bicyclic) bond motifs is 1. The Bertz CT molecular complexity index is 670. The summed E-state index contributed by atoms with van der Waals surface area (Å²) in [6, 6.07) is 0. The van der Waals surface area contributed by atoms with Crippen LogP contribution in [0.1, 0.15) is 41.0 Å². The molecule has 0 aromatic rings. The van der Waals surface area contributed by atoms with E-state index in [1.54, 1.807) is 6.08 Å². The number of hydrogen-bond acceptors (Lipinski definition) is 7. The number of allylic oxidation sites excluding steroid dienone is 3. The number of hydrogen-bond donors (Lipinski definition) is 1. The normalized spacial score (nSPS) is 25.0. The van der Waals surface area contributed by atoms with Gasteiger partial charge in [0.15, 0.2) is 0 Å². The first-order valence-corrected chi connectivity index (χ1v) is 8.59.